The van der Waals surface area contributed by atoms with E-state index in [0.29, 0.717) is 11.2 Å². The minimum atomic E-state index is 0.146. The Hall–Kier alpha value is -0.740. The van der Waals surface area contributed by atoms with Gasteiger partial charge in [0.2, 0.25) is 0 Å². The van der Waals surface area contributed by atoms with Crippen molar-refractivity contribution in [2.45, 2.75) is 13.3 Å². The molecule has 0 unspecified atom stereocenters. The maximum Gasteiger partial charge on any atom is 0.196 e. The molecular formula is C7H10N2OS. The molecule has 11 heavy (non-hydrogen) atoms. The van der Waals surface area contributed by atoms with Gasteiger partial charge in [-0.2, -0.15) is 0 Å². The van der Waals surface area contributed by atoms with Crippen LogP contribution in [-0.4, -0.2) is 21.7 Å². The Bertz CT molecular complexity index is 295. The van der Waals surface area contributed by atoms with Crippen molar-refractivity contribution in [2.24, 2.45) is 0 Å². The van der Waals surface area contributed by atoms with Gasteiger partial charge in [-0.25, -0.2) is 4.98 Å². The zero-order valence-corrected chi connectivity index (χ0v) is 7.11. The van der Waals surface area contributed by atoms with Crippen LogP contribution in [0.1, 0.15) is 11.3 Å². The molecule has 0 atom stereocenters. The molecule has 0 aliphatic heterocycles. The lowest BCUT2D eigenvalue weighted by Gasteiger charge is -2.00. The lowest BCUT2D eigenvalue weighted by molar-refractivity contribution is 0.299. The van der Waals surface area contributed by atoms with Crippen molar-refractivity contribution in [3.05, 3.63) is 22.2 Å². The average Bonchev–Trinajstić information content (AvgIpc) is 1.95. The highest BCUT2D eigenvalue weighted by molar-refractivity contribution is 7.71. The number of nitrogens with one attached hydrogen (secondary N) is 1. The van der Waals surface area contributed by atoms with Crippen LogP contribution in [0.5, 0.6) is 0 Å². The van der Waals surface area contributed by atoms with E-state index >= 15 is 0 Å². The second-order valence-corrected chi connectivity index (χ2v) is 2.70. The molecule has 1 heterocycles. The van der Waals surface area contributed by atoms with Gasteiger partial charge in [0, 0.05) is 18.5 Å². The van der Waals surface area contributed by atoms with Gasteiger partial charge in [0.15, 0.2) is 4.77 Å². The Morgan fingerprint density at radius 1 is 1.73 bits per heavy atom. The second kappa shape index (κ2) is 3.59. The first-order chi connectivity index (χ1) is 5.24. The molecule has 0 aliphatic carbocycles. The molecule has 0 bridgehead atoms. The fourth-order valence-corrected chi connectivity index (χ4v) is 1.08. The van der Waals surface area contributed by atoms with E-state index in [-0.39, 0.29) is 6.61 Å². The van der Waals surface area contributed by atoms with Gasteiger partial charge in [-0.1, -0.05) is 0 Å². The third-order valence-electron chi connectivity index (χ3n) is 1.49. The molecule has 4 heteroatoms. The summed E-state index contributed by atoms with van der Waals surface area (Å²) >= 11 is 4.81. The number of aromatic amines is 1. The summed E-state index contributed by atoms with van der Waals surface area (Å²) in [5.74, 6) is 0. The zero-order valence-electron chi connectivity index (χ0n) is 6.29. The molecule has 0 fully saturated rings. The van der Waals surface area contributed by atoms with Gasteiger partial charge in [-0.05, 0) is 31.1 Å². The number of hydrogen-bond acceptors (Lipinski definition) is 3. The zero-order chi connectivity index (χ0) is 8.27. The topological polar surface area (TPSA) is 48.9 Å². The monoisotopic (exact) mass is 170 g/mol. The molecule has 0 spiro atoms. The fourth-order valence-electron chi connectivity index (χ4n) is 0.879. The molecule has 1 aromatic rings. The summed E-state index contributed by atoms with van der Waals surface area (Å²) in [6, 6.07) is 0. The molecule has 0 amide bonds. The minimum absolute atomic E-state index is 0.146. The first-order valence-corrected chi connectivity index (χ1v) is 3.80. The van der Waals surface area contributed by atoms with E-state index in [0.717, 1.165) is 11.3 Å². The third kappa shape index (κ3) is 2.10. The first kappa shape index (κ1) is 8.36. The number of aliphatic hydroxyl groups excluding tert-OH is 1. The predicted octanol–water partition coefficient (Wildman–Crippen LogP) is 0.982. The van der Waals surface area contributed by atoms with E-state index < -0.39 is 0 Å². The number of aryl methyl sites for hydroxylation is 1. The molecule has 2 N–H and O–H groups in total. The van der Waals surface area contributed by atoms with E-state index in [2.05, 4.69) is 9.97 Å². The van der Waals surface area contributed by atoms with Crippen LogP contribution in [0.25, 0.3) is 0 Å². The van der Waals surface area contributed by atoms with E-state index in [1.807, 2.05) is 6.92 Å². The Morgan fingerprint density at radius 2 is 2.45 bits per heavy atom. The molecule has 0 aromatic carbocycles. The summed E-state index contributed by atoms with van der Waals surface area (Å²) in [5.41, 5.74) is 2.00. The normalized spacial score (nSPS) is 10.0. The van der Waals surface area contributed by atoms with Crippen molar-refractivity contribution in [3.8, 4) is 0 Å². The summed E-state index contributed by atoms with van der Waals surface area (Å²) < 4.78 is 0.490. The standard InChI is InChI=1S/C7H10N2OS/c1-5-6(2-3-10)4-8-7(11)9-5/h4,10H,2-3H2,1H3,(H,8,9,11). The summed E-state index contributed by atoms with van der Waals surface area (Å²) in [5, 5.41) is 8.65. The number of H-pyrrole nitrogens is 1. The van der Waals surface area contributed by atoms with E-state index in [4.69, 9.17) is 17.3 Å². The van der Waals surface area contributed by atoms with Gasteiger partial charge in [0.05, 0.1) is 0 Å². The smallest absolute Gasteiger partial charge is 0.196 e. The maximum atomic E-state index is 8.65. The molecule has 0 radical (unpaired) electrons. The second-order valence-electron chi connectivity index (χ2n) is 2.31. The van der Waals surface area contributed by atoms with E-state index in [1.54, 1.807) is 6.20 Å². The molecular weight excluding hydrogens is 160 g/mol. The van der Waals surface area contributed by atoms with Gasteiger partial charge in [-0.15, -0.1) is 0 Å². The van der Waals surface area contributed by atoms with Crippen LogP contribution in [-0.2, 0) is 6.42 Å². The van der Waals surface area contributed by atoms with Crippen LogP contribution < -0.4 is 0 Å². The van der Waals surface area contributed by atoms with Crippen molar-refractivity contribution in [1.29, 1.82) is 0 Å². The van der Waals surface area contributed by atoms with E-state index in [1.165, 1.54) is 0 Å². The summed E-state index contributed by atoms with van der Waals surface area (Å²) in [6.07, 6.45) is 2.33. The van der Waals surface area contributed by atoms with Gasteiger partial charge in [0.25, 0.3) is 0 Å². The van der Waals surface area contributed by atoms with E-state index in [9.17, 15) is 0 Å². The van der Waals surface area contributed by atoms with Crippen molar-refractivity contribution < 1.29 is 5.11 Å². The average molecular weight is 170 g/mol. The van der Waals surface area contributed by atoms with Crippen LogP contribution in [0, 0.1) is 11.7 Å². The van der Waals surface area contributed by atoms with Crippen molar-refractivity contribution in [1.82, 2.24) is 9.97 Å². The van der Waals surface area contributed by atoms with Crippen LogP contribution >= 0.6 is 12.2 Å². The molecule has 0 saturated heterocycles. The molecule has 0 saturated carbocycles. The van der Waals surface area contributed by atoms with Gasteiger partial charge >= 0.3 is 0 Å². The van der Waals surface area contributed by atoms with Gasteiger partial charge in [-0.3, -0.25) is 0 Å². The third-order valence-corrected chi connectivity index (χ3v) is 1.70. The molecule has 0 aliphatic rings. The highest BCUT2D eigenvalue weighted by atomic mass is 32.1. The Balaban J connectivity index is 2.99. The number of aromatic nitrogens is 2. The lowest BCUT2D eigenvalue weighted by atomic mass is 10.2. The highest BCUT2D eigenvalue weighted by Gasteiger charge is 1.96. The number of hydrogen-bond donors (Lipinski definition) is 2. The molecule has 1 aromatic heterocycles. The first-order valence-electron chi connectivity index (χ1n) is 3.39. The quantitative estimate of drug-likeness (QED) is 0.650. The molecule has 1 rings (SSSR count). The van der Waals surface area contributed by atoms with Crippen molar-refractivity contribution >= 4 is 12.2 Å². The van der Waals surface area contributed by atoms with Gasteiger partial charge < -0.3 is 10.1 Å². The van der Waals surface area contributed by atoms with Crippen LogP contribution in [0.2, 0.25) is 0 Å². The summed E-state index contributed by atoms with van der Waals surface area (Å²) in [4.78, 5) is 6.82. The molecule has 3 nitrogen and oxygen atoms in total. The minimum Gasteiger partial charge on any atom is -0.396 e. The Morgan fingerprint density at radius 3 is 3.00 bits per heavy atom. The fraction of sp³-hybridized carbons (Fsp3) is 0.429. The Labute approximate surface area is 70.1 Å². The van der Waals surface area contributed by atoms with Crippen molar-refractivity contribution in [3.63, 3.8) is 0 Å². The largest absolute Gasteiger partial charge is 0.396 e. The number of nitrogens with zero attached hydrogens (tertiary/aromatic N) is 1. The van der Waals surface area contributed by atoms with Crippen LogP contribution in [0.4, 0.5) is 0 Å². The Kier molecular flexibility index (Phi) is 2.73. The van der Waals surface area contributed by atoms with Crippen molar-refractivity contribution in [2.75, 3.05) is 6.61 Å². The SMILES string of the molecule is Cc1[nH]c(=S)ncc1CCO. The molecule has 60 valence electrons. The maximum absolute atomic E-state index is 8.65. The number of rotatable bonds is 2. The predicted molar refractivity (Wildman–Crippen MR) is 44.9 cm³/mol. The number of aliphatic hydroxyl groups is 1. The van der Waals surface area contributed by atoms with Crippen LogP contribution in [0.3, 0.4) is 0 Å². The summed E-state index contributed by atoms with van der Waals surface area (Å²) in [6.45, 7) is 2.07. The summed E-state index contributed by atoms with van der Waals surface area (Å²) in [7, 11) is 0. The van der Waals surface area contributed by atoms with Gasteiger partial charge in [0.1, 0.15) is 0 Å². The lowest BCUT2D eigenvalue weighted by Crippen LogP contribution is -1.98. The van der Waals surface area contributed by atoms with Crippen LogP contribution in [0.15, 0.2) is 6.20 Å². The highest BCUT2D eigenvalue weighted by Crippen LogP contribution is 2.02.